The molecular weight excluding hydrogens is 382 g/mol. The Hall–Kier alpha value is -3.46. The summed E-state index contributed by atoms with van der Waals surface area (Å²) in [5.41, 5.74) is 3.01. The Balaban J connectivity index is 1.29. The Morgan fingerprint density at radius 2 is 1.90 bits per heavy atom. The van der Waals surface area contributed by atoms with Crippen molar-refractivity contribution in [1.82, 2.24) is 29.6 Å². The van der Waals surface area contributed by atoms with Crippen molar-refractivity contribution in [1.29, 1.82) is 0 Å². The molecule has 0 saturated carbocycles. The van der Waals surface area contributed by atoms with E-state index in [0.717, 1.165) is 55.0 Å². The normalized spacial score (nSPS) is 15.3. The molecule has 1 aromatic carbocycles. The van der Waals surface area contributed by atoms with Crippen LogP contribution in [0.25, 0.3) is 21.9 Å². The quantitative estimate of drug-likeness (QED) is 0.531. The smallest absolute Gasteiger partial charge is 0.328 e. The van der Waals surface area contributed by atoms with Crippen LogP contribution in [0.3, 0.4) is 0 Å². The van der Waals surface area contributed by atoms with Crippen molar-refractivity contribution in [2.45, 2.75) is 20.0 Å². The lowest BCUT2D eigenvalue weighted by Gasteiger charge is -2.36. The van der Waals surface area contributed by atoms with Crippen LogP contribution in [0, 0.1) is 0 Å². The number of aromatic amines is 2. The van der Waals surface area contributed by atoms with Gasteiger partial charge in [-0.3, -0.25) is 19.4 Å². The van der Waals surface area contributed by atoms with Crippen molar-refractivity contribution in [3.05, 3.63) is 63.1 Å². The van der Waals surface area contributed by atoms with E-state index in [1.54, 1.807) is 13.1 Å². The highest BCUT2D eigenvalue weighted by Crippen LogP contribution is 2.20. The number of H-pyrrole nitrogens is 2. The molecule has 5 rings (SSSR count). The van der Waals surface area contributed by atoms with E-state index in [0.29, 0.717) is 17.4 Å². The molecule has 4 heterocycles. The molecule has 1 fully saturated rings. The molecule has 154 valence electrons. The molecule has 0 bridgehead atoms. The number of pyridine rings is 1. The van der Waals surface area contributed by atoms with E-state index in [2.05, 4.69) is 36.0 Å². The zero-order chi connectivity index (χ0) is 20.7. The molecule has 1 aliphatic rings. The van der Waals surface area contributed by atoms with E-state index in [-0.39, 0.29) is 11.2 Å². The number of nitrogens with zero attached hydrogens (tertiary/aromatic N) is 5. The number of aromatic nitrogens is 5. The van der Waals surface area contributed by atoms with E-state index in [4.69, 9.17) is 0 Å². The van der Waals surface area contributed by atoms with Gasteiger partial charge >= 0.3 is 5.69 Å². The maximum absolute atomic E-state index is 12.4. The predicted octanol–water partition coefficient (Wildman–Crippen LogP) is 1.30. The van der Waals surface area contributed by atoms with Crippen LogP contribution in [0.15, 0.2) is 46.2 Å². The van der Waals surface area contributed by atoms with Gasteiger partial charge in [0.15, 0.2) is 5.65 Å². The minimum absolute atomic E-state index is 0.236. The summed E-state index contributed by atoms with van der Waals surface area (Å²) < 4.78 is 1.22. The first kappa shape index (κ1) is 18.6. The first-order valence-electron chi connectivity index (χ1n) is 10.1. The summed E-state index contributed by atoms with van der Waals surface area (Å²) in [4.78, 5) is 36.5. The highest BCUT2D eigenvalue weighted by Gasteiger charge is 2.18. The molecule has 3 aromatic heterocycles. The summed E-state index contributed by atoms with van der Waals surface area (Å²) in [7, 11) is 0. The first-order chi connectivity index (χ1) is 14.6. The summed E-state index contributed by atoms with van der Waals surface area (Å²) in [6.07, 6.45) is 3.68. The highest BCUT2D eigenvalue weighted by molar-refractivity contribution is 5.78. The van der Waals surface area contributed by atoms with Crippen molar-refractivity contribution in [3.8, 4) is 0 Å². The molecule has 30 heavy (non-hydrogen) atoms. The first-order valence-corrected chi connectivity index (χ1v) is 10.1. The van der Waals surface area contributed by atoms with Crippen LogP contribution in [0.5, 0.6) is 0 Å². The van der Waals surface area contributed by atoms with Gasteiger partial charge in [0, 0.05) is 44.7 Å². The van der Waals surface area contributed by atoms with Crippen LogP contribution >= 0.6 is 0 Å². The number of piperazine rings is 1. The molecular formula is C21H23N7O2. The van der Waals surface area contributed by atoms with E-state index in [9.17, 15) is 9.59 Å². The summed E-state index contributed by atoms with van der Waals surface area (Å²) in [6.45, 7) is 6.61. The molecule has 1 saturated heterocycles. The molecule has 2 N–H and O–H groups in total. The van der Waals surface area contributed by atoms with Gasteiger partial charge in [-0.25, -0.2) is 9.78 Å². The molecule has 1 aliphatic heterocycles. The van der Waals surface area contributed by atoms with Crippen LogP contribution in [-0.4, -0.2) is 55.8 Å². The van der Waals surface area contributed by atoms with Crippen molar-refractivity contribution in [3.63, 3.8) is 0 Å². The second-order valence-electron chi connectivity index (χ2n) is 7.62. The van der Waals surface area contributed by atoms with Crippen LogP contribution in [0.1, 0.15) is 12.5 Å². The van der Waals surface area contributed by atoms with E-state index in [1.165, 1.54) is 4.57 Å². The van der Waals surface area contributed by atoms with Gasteiger partial charge in [0.2, 0.25) is 0 Å². The third kappa shape index (κ3) is 3.26. The van der Waals surface area contributed by atoms with Gasteiger partial charge in [0.05, 0.1) is 29.0 Å². The molecule has 0 spiro atoms. The Labute approximate surface area is 172 Å². The summed E-state index contributed by atoms with van der Waals surface area (Å²) in [5, 5.41) is 8.47. The number of anilines is 1. The summed E-state index contributed by atoms with van der Waals surface area (Å²) >= 11 is 0. The number of hydrogen-bond acceptors (Lipinski definition) is 6. The minimum atomic E-state index is -0.357. The van der Waals surface area contributed by atoms with Crippen molar-refractivity contribution < 1.29 is 0 Å². The average Bonchev–Trinajstić information content (AvgIpc) is 3.22. The lowest BCUT2D eigenvalue weighted by molar-refractivity contribution is 0.250. The Morgan fingerprint density at radius 3 is 2.70 bits per heavy atom. The fourth-order valence-corrected chi connectivity index (χ4v) is 4.11. The predicted molar refractivity (Wildman–Crippen MR) is 116 cm³/mol. The fourth-order valence-electron chi connectivity index (χ4n) is 4.11. The van der Waals surface area contributed by atoms with E-state index < -0.39 is 0 Å². The molecule has 0 amide bonds. The number of nitrogens with one attached hydrogen (secondary N) is 2. The summed E-state index contributed by atoms with van der Waals surface area (Å²) in [5.74, 6) is 0. The molecule has 0 unspecified atom stereocenters. The third-order valence-corrected chi connectivity index (χ3v) is 5.78. The average molecular weight is 405 g/mol. The number of rotatable bonds is 4. The Kier molecular flexibility index (Phi) is 4.59. The Morgan fingerprint density at radius 1 is 1.07 bits per heavy atom. The van der Waals surface area contributed by atoms with Gasteiger partial charge in [-0.05, 0) is 30.7 Å². The maximum atomic E-state index is 12.4. The third-order valence-electron chi connectivity index (χ3n) is 5.78. The highest BCUT2D eigenvalue weighted by atomic mass is 16.2. The lowest BCUT2D eigenvalue weighted by Crippen LogP contribution is -2.46. The van der Waals surface area contributed by atoms with Crippen molar-refractivity contribution in [2.24, 2.45) is 0 Å². The van der Waals surface area contributed by atoms with Gasteiger partial charge in [-0.1, -0.05) is 6.07 Å². The minimum Gasteiger partial charge on any atom is -0.368 e. The van der Waals surface area contributed by atoms with Gasteiger partial charge in [0.1, 0.15) is 0 Å². The topological polar surface area (TPSA) is 103 Å². The van der Waals surface area contributed by atoms with Crippen molar-refractivity contribution in [2.75, 3.05) is 31.1 Å². The number of fused-ring (bicyclic) bond motifs is 2. The summed E-state index contributed by atoms with van der Waals surface area (Å²) in [6, 6.07) is 7.83. The largest absolute Gasteiger partial charge is 0.368 e. The zero-order valence-electron chi connectivity index (χ0n) is 16.8. The number of benzene rings is 1. The second kappa shape index (κ2) is 7.42. The molecule has 4 aromatic rings. The SMILES string of the molecule is CCn1c(=O)[nH]c2cc(CN3CCN(c4cnc5[nH]ncc5c4)CC3)ccc2c1=O. The van der Waals surface area contributed by atoms with Crippen LogP contribution in [-0.2, 0) is 13.1 Å². The molecule has 0 radical (unpaired) electrons. The fraction of sp³-hybridized carbons (Fsp3) is 0.333. The standard InChI is InChI=1S/C21H23N7O2/c1-2-28-20(29)17-4-3-14(9-18(17)24-21(28)30)13-26-5-7-27(8-6-26)16-10-15-11-23-25-19(15)22-12-16/h3-4,9-12H,2,5-8,13H2,1H3,(H,24,30)(H,22,23,25). The zero-order valence-corrected chi connectivity index (χ0v) is 16.8. The van der Waals surface area contributed by atoms with Crippen LogP contribution in [0.2, 0.25) is 0 Å². The van der Waals surface area contributed by atoms with Gasteiger partial charge in [-0.15, -0.1) is 0 Å². The maximum Gasteiger partial charge on any atom is 0.328 e. The van der Waals surface area contributed by atoms with Crippen LogP contribution < -0.4 is 16.1 Å². The molecule has 0 aliphatic carbocycles. The van der Waals surface area contributed by atoms with Crippen molar-refractivity contribution >= 4 is 27.6 Å². The van der Waals surface area contributed by atoms with E-state index in [1.807, 2.05) is 24.4 Å². The number of hydrogen-bond donors (Lipinski definition) is 2. The second-order valence-corrected chi connectivity index (χ2v) is 7.62. The Bertz CT molecular complexity index is 1330. The molecule has 9 nitrogen and oxygen atoms in total. The van der Waals surface area contributed by atoms with E-state index >= 15 is 0 Å². The van der Waals surface area contributed by atoms with Crippen LogP contribution in [0.4, 0.5) is 5.69 Å². The van der Waals surface area contributed by atoms with Gasteiger partial charge in [-0.2, -0.15) is 5.10 Å². The lowest BCUT2D eigenvalue weighted by atomic mass is 10.1. The molecule has 9 heteroatoms. The van der Waals surface area contributed by atoms with Gasteiger partial charge in [0.25, 0.3) is 5.56 Å². The van der Waals surface area contributed by atoms with Gasteiger partial charge < -0.3 is 9.88 Å². The monoisotopic (exact) mass is 405 g/mol. The molecule has 0 atom stereocenters.